The molecule has 0 spiro atoms. The molecular formula is C25H30N8O2S. The van der Waals surface area contributed by atoms with Gasteiger partial charge in [-0.1, -0.05) is 37.1 Å². The molecule has 0 fully saturated rings. The van der Waals surface area contributed by atoms with Gasteiger partial charge in [-0.15, -0.1) is 11.3 Å². The molecule has 1 aromatic carbocycles. The standard InChI is InChI=1S/C25H30N8O2S/c1-33-12-11-18(32-33)16-7-9-17(10-8-16)20-14-29-24(30-20)19(5-3-2-4-6-22(27)34)31-25(35)21-15-28-23(13-26)36-21/h7-12,14-15,19H,2-6,13,26H2,1H3,(H2,27,34)(H,29,30)(H,31,35)/t19-/m0/s1. The minimum Gasteiger partial charge on any atom is -0.370 e. The van der Waals surface area contributed by atoms with Gasteiger partial charge in [0.1, 0.15) is 15.7 Å². The molecule has 0 aliphatic rings. The number of nitrogens with two attached hydrogens (primary N) is 2. The number of hydrogen-bond acceptors (Lipinski definition) is 7. The van der Waals surface area contributed by atoms with E-state index >= 15 is 0 Å². The second-order valence-electron chi connectivity index (χ2n) is 8.55. The Morgan fingerprint density at radius 3 is 2.53 bits per heavy atom. The van der Waals surface area contributed by atoms with Gasteiger partial charge in [-0.2, -0.15) is 5.10 Å². The van der Waals surface area contributed by atoms with Crippen molar-refractivity contribution in [3.8, 4) is 22.5 Å². The highest BCUT2D eigenvalue weighted by molar-refractivity contribution is 7.13. The Bertz CT molecular complexity index is 1310. The van der Waals surface area contributed by atoms with Crippen LogP contribution in [0.15, 0.2) is 48.9 Å². The van der Waals surface area contributed by atoms with Crippen LogP contribution in [-0.4, -0.2) is 36.5 Å². The number of thiazole rings is 1. The number of aromatic nitrogens is 5. The molecule has 1 atom stereocenters. The summed E-state index contributed by atoms with van der Waals surface area (Å²) in [4.78, 5) is 36.5. The molecule has 4 aromatic rings. The van der Waals surface area contributed by atoms with E-state index in [1.165, 1.54) is 11.3 Å². The lowest BCUT2D eigenvalue weighted by Gasteiger charge is -2.16. The van der Waals surface area contributed by atoms with Crippen molar-refractivity contribution in [2.75, 3.05) is 0 Å². The third-order valence-electron chi connectivity index (χ3n) is 5.80. The average Bonchev–Trinajstić information content (AvgIpc) is 3.63. The van der Waals surface area contributed by atoms with Gasteiger partial charge in [-0.05, 0) is 24.5 Å². The average molecular weight is 507 g/mol. The number of nitrogens with zero attached hydrogens (tertiary/aromatic N) is 4. The van der Waals surface area contributed by atoms with Gasteiger partial charge in [-0.3, -0.25) is 14.3 Å². The van der Waals surface area contributed by atoms with E-state index in [1.54, 1.807) is 17.1 Å². The van der Waals surface area contributed by atoms with Crippen molar-refractivity contribution in [3.05, 3.63) is 64.6 Å². The fourth-order valence-corrected chi connectivity index (χ4v) is 4.59. The summed E-state index contributed by atoms with van der Waals surface area (Å²) in [5.41, 5.74) is 14.7. The first-order chi connectivity index (χ1) is 17.4. The predicted octanol–water partition coefficient (Wildman–Crippen LogP) is 3.30. The van der Waals surface area contributed by atoms with Gasteiger partial charge < -0.3 is 21.8 Å². The summed E-state index contributed by atoms with van der Waals surface area (Å²) < 4.78 is 1.77. The number of carbonyl (C=O) groups is 2. The van der Waals surface area contributed by atoms with Crippen LogP contribution in [0.5, 0.6) is 0 Å². The first-order valence-electron chi connectivity index (χ1n) is 11.8. The number of benzene rings is 1. The predicted molar refractivity (Wildman–Crippen MR) is 139 cm³/mol. The molecule has 10 nitrogen and oxygen atoms in total. The number of aryl methyl sites for hydroxylation is 1. The van der Waals surface area contributed by atoms with Crippen molar-refractivity contribution in [1.82, 2.24) is 30.0 Å². The normalized spacial score (nSPS) is 11.9. The number of primary amides is 1. The number of H-pyrrole nitrogens is 1. The molecule has 3 heterocycles. The molecule has 3 aromatic heterocycles. The number of rotatable bonds is 12. The van der Waals surface area contributed by atoms with E-state index < -0.39 is 0 Å². The van der Waals surface area contributed by atoms with Crippen LogP contribution in [0.25, 0.3) is 22.5 Å². The van der Waals surface area contributed by atoms with Crippen LogP contribution >= 0.6 is 11.3 Å². The molecule has 11 heteroatoms. The Morgan fingerprint density at radius 1 is 1.08 bits per heavy atom. The topological polar surface area (TPSA) is 158 Å². The maximum absolute atomic E-state index is 12.9. The Labute approximate surface area is 213 Å². The molecule has 0 saturated carbocycles. The Kier molecular flexibility index (Phi) is 8.24. The zero-order valence-corrected chi connectivity index (χ0v) is 20.9. The summed E-state index contributed by atoms with van der Waals surface area (Å²) in [6.45, 7) is 0.294. The smallest absolute Gasteiger partial charge is 0.263 e. The lowest BCUT2D eigenvalue weighted by atomic mass is 10.1. The molecule has 0 aliphatic heterocycles. The van der Waals surface area contributed by atoms with E-state index in [9.17, 15) is 9.59 Å². The van der Waals surface area contributed by atoms with Crippen LogP contribution in [0.2, 0.25) is 0 Å². The van der Waals surface area contributed by atoms with E-state index in [1.807, 2.05) is 43.6 Å². The highest BCUT2D eigenvalue weighted by Gasteiger charge is 2.20. The quantitative estimate of drug-likeness (QED) is 0.216. The maximum atomic E-state index is 12.9. The number of imidazole rings is 1. The molecule has 6 N–H and O–H groups in total. The van der Waals surface area contributed by atoms with Gasteiger partial charge in [0, 0.05) is 31.8 Å². The second kappa shape index (κ2) is 11.7. The summed E-state index contributed by atoms with van der Waals surface area (Å²) in [5.74, 6) is 0.156. The zero-order chi connectivity index (χ0) is 25.5. The van der Waals surface area contributed by atoms with E-state index in [0.29, 0.717) is 35.1 Å². The van der Waals surface area contributed by atoms with Gasteiger partial charge in [0.2, 0.25) is 5.91 Å². The minimum absolute atomic E-state index is 0.216. The first kappa shape index (κ1) is 25.3. The van der Waals surface area contributed by atoms with E-state index in [4.69, 9.17) is 11.5 Å². The first-order valence-corrected chi connectivity index (χ1v) is 12.6. The fourth-order valence-electron chi connectivity index (χ4n) is 3.89. The summed E-state index contributed by atoms with van der Waals surface area (Å²) in [7, 11) is 1.89. The summed E-state index contributed by atoms with van der Waals surface area (Å²) in [6.07, 6.45) is 8.61. The lowest BCUT2D eigenvalue weighted by Crippen LogP contribution is -2.28. The highest BCUT2D eigenvalue weighted by Crippen LogP contribution is 2.26. The summed E-state index contributed by atoms with van der Waals surface area (Å²) >= 11 is 1.28. The summed E-state index contributed by atoms with van der Waals surface area (Å²) in [6, 6.07) is 9.73. The number of unbranched alkanes of at least 4 members (excludes halogenated alkanes) is 2. The maximum Gasteiger partial charge on any atom is 0.263 e. The van der Waals surface area contributed by atoms with Gasteiger partial charge in [0.15, 0.2) is 0 Å². The monoisotopic (exact) mass is 506 g/mol. The number of hydrogen-bond donors (Lipinski definition) is 4. The van der Waals surface area contributed by atoms with Crippen molar-refractivity contribution < 1.29 is 9.59 Å². The van der Waals surface area contributed by atoms with Crippen molar-refractivity contribution >= 4 is 23.2 Å². The van der Waals surface area contributed by atoms with Gasteiger partial charge in [0.25, 0.3) is 5.91 Å². The number of carbonyl (C=O) groups excluding carboxylic acids is 2. The van der Waals surface area contributed by atoms with Crippen LogP contribution in [0.1, 0.15) is 58.6 Å². The third-order valence-corrected chi connectivity index (χ3v) is 6.82. The molecule has 0 saturated heterocycles. The molecule has 0 unspecified atom stereocenters. The van der Waals surface area contributed by atoms with E-state index in [0.717, 1.165) is 41.8 Å². The highest BCUT2D eigenvalue weighted by atomic mass is 32.1. The van der Waals surface area contributed by atoms with Crippen molar-refractivity contribution in [2.45, 2.75) is 44.7 Å². The van der Waals surface area contributed by atoms with E-state index in [-0.39, 0.29) is 17.9 Å². The molecule has 0 bridgehead atoms. The van der Waals surface area contributed by atoms with Crippen molar-refractivity contribution in [3.63, 3.8) is 0 Å². The van der Waals surface area contributed by atoms with Crippen LogP contribution < -0.4 is 16.8 Å². The van der Waals surface area contributed by atoms with Crippen molar-refractivity contribution in [1.29, 1.82) is 0 Å². The third kappa shape index (κ3) is 6.43. The fraction of sp³-hybridized carbons (Fsp3) is 0.320. The molecule has 2 amide bonds. The van der Waals surface area contributed by atoms with Gasteiger partial charge in [-0.25, -0.2) is 9.97 Å². The Hall–Kier alpha value is -3.83. The van der Waals surface area contributed by atoms with Crippen LogP contribution in [0.4, 0.5) is 0 Å². The van der Waals surface area contributed by atoms with Crippen molar-refractivity contribution in [2.24, 2.45) is 18.5 Å². The summed E-state index contributed by atoms with van der Waals surface area (Å²) in [5, 5.41) is 8.23. The van der Waals surface area contributed by atoms with Gasteiger partial charge >= 0.3 is 0 Å². The van der Waals surface area contributed by atoms with Gasteiger partial charge in [0.05, 0.1) is 29.8 Å². The van der Waals surface area contributed by atoms with Crippen LogP contribution in [0, 0.1) is 0 Å². The van der Waals surface area contributed by atoms with Crippen LogP contribution in [0.3, 0.4) is 0 Å². The van der Waals surface area contributed by atoms with E-state index in [2.05, 4.69) is 25.4 Å². The Balaban J connectivity index is 1.48. The molecule has 0 radical (unpaired) electrons. The molecule has 36 heavy (non-hydrogen) atoms. The second-order valence-corrected chi connectivity index (χ2v) is 9.66. The zero-order valence-electron chi connectivity index (χ0n) is 20.1. The Morgan fingerprint density at radius 2 is 1.86 bits per heavy atom. The molecule has 188 valence electrons. The lowest BCUT2D eigenvalue weighted by molar-refractivity contribution is -0.118. The molecule has 0 aliphatic carbocycles. The SMILES string of the molecule is Cn1ccc(-c2ccc(-c3cnc([C@H](CCCCCC(N)=O)NC(=O)c4cnc(CN)s4)[nH]3)cc2)n1. The largest absolute Gasteiger partial charge is 0.370 e. The number of nitrogens with one attached hydrogen (secondary N) is 2. The number of amides is 2. The minimum atomic E-state index is -0.323. The molecular weight excluding hydrogens is 476 g/mol. The molecule has 4 rings (SSSR count). The van der Waals surface area contributed by atoms with Crippen LogP contribution in [-0.2, 0) is 18.4 Å². The number of aromatic amines is 1.